The fraction of sp³-hybridized carbons (Fsp3) is 0.250. The van der Waals surface area contributed by atoms with Crippen LogP contribution in [0.25, 0.3) is 16.8 Å². The molecule has 0 saturated heterocycles. The number of rotatable bonds is 2. The van der Waals surface area contributed by atoms with Gasteiger partial charge in [0.1, 0.15) is 22.9 Å². The van der Waals surface area contributed by atoms with Gasteiger partial charge in [-0.15, -0.1) is 0 Å². The number of phenolic OH excluding ortho intramolecular Hbond substituents is 1. The van der Waals surface area contributed by atoms with Crippen LogP contribution in [-0.4, -0.2) is 19.5 Å². The number of nitrogens with zero attached hydrogens (tertiary/aromatic N) is 3. The zero-order valence-corrected chi connectivity index (χ0v) is 11.8. The fourth-order valence-corrected chi connectivity index (χ4v) is 2.93. The van der Waals surface area contributed by atoms with Crippen molar-refractivity contribution in [1.82, 2.24) is 14.4 Å². The molecule has 0 atom stereocenters. The minimum atomic E-state index is -0.689. The van der Waals surface area contributed by atoms with Gasteiger partial charge in [0.2, 0.25) is 0 Å². The van der Waals surface area contributed by atoms with Crippen LogP contribution in [0.4, 0.5) is 10.2 Å². The molecule has 0 radical (unpaired) electrons. The number of aromatic hydroxyl groups is 1. The summed E-state index contributed by atoms with van der Waals surface area (Å²) < 4.78 is 16.2. The molecule has 1 fully saturated rings. The molecule has 1 aliphatic carbocycles. The first-order valence-corrected chi connectivity index (χ1v) is 7.27. The van der Waals surface area contributed by atoms with Crippen LogP contribution in [0.15, 0.2) is 30.6 Å². The van der Waals surface area contributed by atoms with E-state index in [1.54, 1.807) is 24.5 Å². The molecule has 1 aliphatic rings. The lowest BCUT2D eigenvalue weighted by Gasteiger charge is -2.23. The van der Waals surface area contributed by atoms with Gasteiger partial charge < -0.3 is 10.8 Å². The van der Waals surface area contributed by atoms with Gasteiger partial charge in [-0.2, -0.15) is 0 Å². The van der Waals surface area contributed by atoms with E-state index in [1.165, 1.54) is 12.5 Å². The zero-order valence-electron chi connectivity index (χ0n) is 11.8. The summed E-state index contributed by atoms with van der Waals surface area (Å²) in [5, 5.41) is 9.62. The minimum Gasteiger partial charge on any atom is -0.505 e. The molecule has 3 N–H and O–H groups in total. The van der Waals surface area contributed by atoms with Gasteiger partial charge in [-0.1, -0.05) is 12.5 Å². The number of benzene rings is 1. The van der Waals surface area contributed by atoms with Crippen LogP contribution < -0.4 is 5.73 Å². The molecule has 2 heterocycles. The third kappa shape index (κ3) is 1.76. The lowest BCUT2D eigenvalue weighted by atomic mass is 9.85. The number of fused-ring (bicyclic) bond motifs is 1. The number of hydrogen-bond acceptors (Lipinski definition) is 4. The highest BCUT2D eigenvalue weighted by atomic mass is 19.1. The van der Waals surface area contributed by atoms with Crippen LogP contribution >= 0.6 is 0 Å². The van der Waals surface area contributed by atoms with E-state index in [2.05, 4.69) is 9.97 Å². The van der Waals surface area contributed by atoms with Gasteiger partial charge in [-0.05, 0) is 25.0 Å². The van der Waals surface area contributed by atoms with Crippen molar-refractivity contribution < 1.29 is 9.50 Å². The summed E-state index contributed by atoms with van der Waals surface area (Å²) in [5.74, 6) is 0.465. The molecule has 0 bridgehead atoms. The minimum absolute atomic E-state index is 0.239. The van der Waals surface area contributed by atoms with Crippen LogP contribution in [0.5, 0.6) is 5.75 Å². The molecule has 0 amide bonds. The average Bonchev–Trinajstić information content (AvgIpc) is 2.81. The topological polar surface area (TPSA) is 76.4 Å². The predicted molar refractivity (Wildman–Crippen MR) is 81.1 cm³/mol. The maximum atomic E-state index is 14.3. The maximum absolute atomic E-state index is 14.3. The van der Waals surface area contributed by atoms with Gasteiger partial charge in [-0.25, -0.2) is 14.4 Å². The van der Waals surface area contributed by atoms with Crippen LogP contribution in [0.3, 0.4) is 0 Å². The summed E-state index contributed by atoms with van der Waals surface area (Å²) in [4.78, 5) is 8.73. The van der Waals surface area contributed by atoms with Crippen molar-refractivity contribution in [1.29, 1.82) is 0 Å². The van der Waals surface area contributed by atoms with Gasteiger partial charge >= 0.3 is 0 Å². The second-order valence-corrected chi connectivity index (χ2v) is 5.62. The quantitative estimate of drug-likeness (QED) is 0.762. The Kier molecular flexibility index (Phi) is 2.79. The number of imidazole rings is 1. The first-order valence-electron chi connectivity index (χ1n) is 7.27. The Morgan fingerprint density at radius 2 is 2.14 bits per heavy atom. The Morgan fingerprint density at radius 3 is 2.86 bits per heavy atom. The first-order chi connectivity index (χ1) is 10.7. The van der Waals surface area contributed by atoms with Crippen molar-refractivity contribution in [3.63, 3.8) is 0 Å². The van der Waals surface area contributed by atoms with Crippen LogP contribution in [0.1, 0.15) is 31.0 Å². The fourth-order valence-electron chi connectivity index (χ4n) is 2.93. The monoisotopic (exact) mass is 298 g/mol. The molecule has 0 aliphatic heterocycles. The van der Waals surface area contributed by atoms with Crippen molar-refractivity contribution in [2.24, 2.45) is 0 Å². The van der Waals surface area contributed by atoms with Crippen molar-refractivity contribution in [2.75, 3.05) is 5.73 Å². The van der Waals surface area contributed by atoms with Gasteiger partial charge in [-0.3, -0.25) is 4.40 Å². The molecule has 2 aromatic heterocycles. The summed E-state index contributed by atoms with van der Waals surface area (Å²) in [6.45, 7) is 0. The number of halogens is 1. The largest absolute Gasteiger partial charge is 0.505 e. The molecule has 22 heavy (non-hydrogen) atoms. The molecule has 1 saturated carbocycles. The van der Waals surface area contributed by atoms with Crippen LogP contribution in [0, 0.1) is 5.82 Å². The molecular formula is C16H15FN4O. The predicted octanol–water partition coefficient (Wildman–Crippen LogP) is 3.09. The Morgan fingerprint density at radius 1 is 1.32 bits per heavy atom. The molecule has 1 aromatic carbocycles. The lowest BCUT2D eigenvalue weighted by molar-refractivity contribution is 0.400. The maximum Gasteiger partial charge on any atom is 0.174 e. The standard InChI is InChI=1S/C16H15FN4O/c17-12-10(5-2-6-11(12)22)13-14-15(18)19-7-8-21(14)16(20-13)9-3-1-4-9/h2,5-9,22H,1,3-4H2,(H2,18,19). The van der Waals surface area contributed by atoms with Crippen molar-refractivity contribution in [3.8, 4) is 17.0 Å². The molecular weight excluding hydrogens is 283 g/mol. The Balaban J connectivity index is 2.03. The Labute approximate surface area is 126 Å². The van der Waals surface area contributed by atoms with E-state index in [4.69, 9.17) is 5.73 Å². The number of nitrogen functional groups attached to an aromatic ring is 1. The highest BCUT2D eigenvalue weighted by Crippen LogP contribution is 2.40. The molecule has 112 valence electrons. The van der Waals surface area contributed by atoms with Crippen molar-refractivity contribution >= 4 is 11.3 Å². The average molecular weight is 298 g/mol. The van der Waals surface area contributed by atoms with Crippen molar-refractivity contribution in [3.05, 3.63) is 42.2 Å². The molecule has 5 nitrogen and oxygen atoms in total. The second-order valence-electron chi connectivity index (χ2n) is 5.62. The molecule has 3 aromatic rings. The molecule has 0 spiro atoms. The summed E-state index contributed by atoms with van der Waals surface area (Å²) in [5.41, 5.74) is 7.26. The van der Waals surface area contributed by atoms with Gasteiger partial charge in [0, 0.05) is 23.9 Å². The van der Waals surface area contributed by atoms with E-state index in [9.17, 15) is 9.50 Å². The normalized spacial score (nSPS) is 15.1. The lowest BCUT2D eigenvalue weighted by Crippen LogP contribution is -2.12. The van der Waals surface area contributed by atoms with Crippen molar-refractivity contribution in [2.45, 2.75) is 25.2 Å². The molecule has 6 heteroatoms. The highest BCUT2D eigenvalue weighted by Gasteiger charge is 2.27. The highest BCUT2D eigenvalue weighted by molar-refractivity contribution is 5.86. The Bertz CT molecular complexity index is 870. The van der Waals surface area contributed by atoms with Crippen LogP contribution in [-0.2, 0) is 0 Å². The second kappa shape index (κ2) is 4.69. The SMILES string of the molecule is Nc1nccn2c(C3CCC3)nc(-c3cccc(O)c3F)c12. The summed E-state index contributed by atoms with van der Waals surface area (Å²) in [6, 6.07) is 4.49. The zero-order chi connectivity index (χ0) is 15.3. The molecule has 0 unspecified atom stereocenters. The Hall–Kier alpha value is -2.63. The number of nitrogens with two attached hydrogens (primary N) is 1. The summed E-state index contributed by atoms with van der Waals surface area (Å²) in [6.07, 6.45) is 6.74. The van der Waals surface area contributed by atoms with E-state index >= 15 is 0 Å². The smallest absolute Gasteiger partial charge is 0.174 e. The first kappa shape index (κ1) is 13.1. The van der Waals surface area contributed by atoms with E-state index in [0.717, 1.165) is 18.7 Å². The van der Waals surface area contributed by atoms with E-state index in [-0.39, 0.29) is 5.56 Å². The third-order valence-electron chi connectivity index (χ3n) is 4.31. The number of hydrogen-bond donors (Lipinski definition) is 2. The van der Waals surface area contributed by atoms with Gasteiger partial charge in [0.05, 0.1) is 0 Å². The number of phenols is 1. The summed E-state index contributed by atoms with van der Waals surface area (Å²) >= 11 is 0. The van der Waals surface area contributed by atoms with E-state index in [1.807, 2.05) is 4.40 Å². The number of anilines is 1. The van der Waals surface area contributed by atoms with Crippen LogP contribution in [0.2, 0.25) is 0 Å². The van der Waals surface area contributed by atoms with Gasteiger partial charge in [0.15, 0.2) is 11.6 Å². The summed E-state index contributed by atoms with van der Waals surface area (Å²) in [7, 11) is 0. The molecule has 4 rings (SSSR count). The third-order valence-corrected chi connectivity index (χ3v) is 4.31. The number of aromatic nitrogens is 3. The van der Waals surface area contributed by atoms with E-state index in [0.29, 0.717) is 22.9 Å². The van der Waals surface area contributed by atoms with E-state index < -0.39 is 11.6 Å². The van der Waals surface area contributed by atoms with Gasteiger partial charge in [0.25, 0.3) is 0 Å².